The van der Waals surface area contributed by atoms with Crippen molar-refractivity contribution < 1.29 is 13.9 Å². The quantitative estimate of drug-likeness (QED) is 0.202. The van der Waals surface area contributed by atoms with E-state index in [0.717, 1.165) is 60.9 Å². The molecule has 3 heterocycles. The molecular formula is C35H43FN6O2. The molecule has 232 valence electrons. The highest BCUT2D eigenvalue weighted by Gasteiger charge is 2.26. The van der Waals surface area contributed by atoms with Gasteiger partial charge in [0.15, 0.2) is 0 Å². The summed E-state index contributed by atoms with van der Waals surface area (Å²) in [6, 6.07) is 19.7. The molecule has 0 spiro atoms. The summed E-state index contributed by atoms with van der Waals surface area (Å²) in [4.78, 5) is 20.7. The largest absolute Gasteiger partial charge is 0.497 e. The molecule has 0 amide bonds. The predicted molar refractivity (Wildman–Crippen MR) is 172 cm³/mol. The monoisotopic (exact) mass is 598 g/mol. The maximum Gasteiger partial charge on any atom is 0.222 e. The molecule has 0 aliphatic carbocycles. The molecule has 4 aromatic rings. The molecular weight excluding hydrogens is 555 g/mol. The van der Waals surface area contributed by atoms with Gasteiger partial charge in [0, 0.05) is 63.6 Å². The minimum atomic E-state index is -0.535. The molecule has 8 nitrogen and oxygen atoms in total. The van der Waals surface area contributed by atoms with E-state index in [1.165, 1.54) is 0 Å². The van der Waals surface area contributed by atoms with Crippen LogP contribution in [0.3, 0.4) is 0 Å². The first-order chi connectivity index (χ1) is 21.1. The molecule has 0 unspecified atom stereocenters. The van der Waals surface area contributed by atoms with Crippen LogP contribution in [0.25, 0.3) is 11.3 Å². The zero-order valence-corrected chi connectivity index (χ0v) is 26.7. The summed E-state index contributed by atoms with van der Waals surface area (Å²) in [5, 5.41) is 0. The first-order valence-electron chi connectivity index (χ1n) is 15.1. The van der Waals surface area contributed by atoms with E-state index in [4.69, 9.17) is 14.5 Å². The lowest BCUT2D eigenvalue weighted by Crippen LogP contribution is -2.53. The molecule has 0 N–H and O–H groups in total. The summed E-state index contributed by atoms with van der Waals surface area (Å²) in [6.07, 6.45) is 1.64. The SMILES string of the molecule is COc1ccc(CN(Cc2ccc(OC)cc2)c2cc(-c3cc(CN4CCN(C(C)(C)C)CC4)cnc3F)nc(C)n2)cc1. The topological polar surface area (TPSA) is 66.9 Å². The maximum absolute atomic E-state index is 15.3. The van der Waals surface area contributed by atoms with E-state index in [1.807, 2.05) is 67.6 Å². The second kappa shape index (κ2) is 13.7. The molecule has 0 radical (unpaired) electrons. The summed E-state index contributed by atoms with van der Waals surface area (Å²) in [5.41, 5.74) is 4.23. The van der Waals surface area contributed by atoms with Crippen molar-refractivity contribution in [1.29, 1.82) is 0 Å². The van der Waals surface area contributed by atoms with Crippen LogP contribution in [0.5, 0.6) is 11.5 Å². The van der Waals surface area contributed by atoms with Gasteiger partial charge < -0.3 is 14.4 Å². The van der Waals surface area contributed by atoms with E-state index in [0.29, 0.717) is 36.0 Å². The van der Waals surface area contributed by atoms with E-state index in [1.54, 1.807) is 20.4 Å². The number of methoxy groups -OCH3 is 2. The van der Waals surface area contributed by atoms with E-state index >= 15 is 4.39 Å². The number of nitrogens with zero attached hydrogens (tertiary/aromatic N) is 6. The summed E-state index contributed by atoms with van der Waals surface area (Å²) in [6.45, 7) is 14.5. The molecule has 1 aliphatic heterocycles. The molecule has 0 atom stereocenters. The number of aromatic nitrogens is 3. The fourth-order valence-electron chi connectivity index (χ4n) is 5.56. The lowest BCUT2D eigenvalue weighted by atomic mass is 10.0. The van der Waals surface area contributed by atoms with E-state index in [-0.39, 0.29) is 5.54 Å². The van der Waals surface area contributed by atoms with E-state index in [9.17, 15) is 0 Å². The average molecular weight is 599 g/mol. The van der Waals surface area contributed by atoms with Crippen molar-refractivity contribution in [3.8, 4) is 22.8 Å². The fourth-order valence-corrected chi connectivity index (χ4v) is 5.56. The molecule has 0 bridgehead atoms. The van der Waals surface area contributed by atoms with Crippen molar-refractivity contribution in [1.82, 2.24) is 24.8 Å². The highest BCUT2D eigenvalue weighted by Crippen LogP contribution is 2.28. The Hall–Kier alpha value is -4.08. The van der Waals surface area contributed by atoms with Crippen LogP contribution in [-0.4, -0.2) is 70.7 Å². The number of halogens is 1. The minimum absolute atomic E-state index is 0.161. The zero-order chi connectivity index (χ0) is 31.3. The summed E-state index contributed by atoms with van der Waals surface area (Å²) >= 11 is 0. The van der Waals surface area contributed by atoms with Crippen molar-refractivity contribution in [2.45, 2.75) is 52.9 Å². The summed E-state index contributed by atoms with van der Waals surface area (Å²) in [5.74, 6) is 2.34. The number of benzene rings is 2. The van der Waals surface area contributed by atoms with Gasteiger partial charge in [0.1, 0.15) is 23.1 Å². The Balaban J connectivity index is 1.42. The van der Waals surface area contributed by atoms with Crippen LogP contribution >= 0.6 is 0 Å². The highest BCUT2D eigenvalue weighted by atomic mass is 19.1. The highest BCUT2D eigenvalue weighted by molar-refractivity contribution is 5.63. The lowest BCUT2D eigenvalue weighted by Gasteiger charge is -2.42. The van der Waals surface area contributed by atoms with Crippen LogP contribution in [0.1, 0.15) is 43.3 Å². The first-order valence-corrected chi connectivity index (χ1v) is 15.1. The molecule has 9 heteroatoms. The number of rotatable bonds is 10. The summed E-state index contributed by atoms with van der Waals surface area (Å²) in [7, 11) is 3.32. The predicted octanol–water partition coefficient (Wildman–Crippen LogP) is 6.13. The molecule has 1 aliphatic rings. The standard InChI is InChI=1S/C35H43FN6O2/c1-25-38-32(31-19-28(21-37-34(31)36)22-40-15-17-42(18-16-40)35(2,3)4)20-33(39-25)41(23-26-7-11-29(43-5)12-8-26)24-27-9-13-30(44-6)14-10-27/h7-14,19-21H,15-18,22-24H2,1-6H3. The van der Waals surface area contributed by atoms with Crippen LogP contribution in [0.4, 0.5) is 10.2 Å². The Bertz CT molecular complexity index is 1480. The van der Waals surface area contributed by atoms with Gasteiger partial charge in [-0.05, 0) is 74.7 Å². The number of pyridine rings is 1. The zero-order valence-electron chi connectivity index (χ0n) is 26.7. The lowest BCUT2D eigenvalue weighted by molar-refractivity contribution is 0.0590. The Morgan fingerprint density at radius 1 is 0.795 bits per heavy atom. The third kappa shape index (κ3) is 7.89. The van der Waals surface area contributed by atoms with Crippen molar-refractivity contribution in [3.05, 3.63) is 95.3 Å². The van der Waals surface area contributed by atoms with Gasteiger partial charge in [-0.15, -0.1) is 0 Å². The molecule has 2 aromatic heterocycles. The van der Waals surface area contributed by atoms with Crippen LogP contribution in [0.2, 0.25) is 0 Å². The van der Waals surface area contributed by atoms with Crippen LogP contribution < -0.4 is 14.4 Å². The third-order valence-corrected chi connectivity index (χ3v) is 8.11. The Morgan fingerprint density at radius 2 is 1.36 bits per heavy atom. The Labute approximate surface area is 260 Å². The van der Waals surface area contributed by atoms with Crippen molar-refractivity contribution in [2.24, 2.45) is 0 Å². The number of hydrogen-bond acceptors (Lipinski definition) is 8. The number of ether oxygens (including phenoxy) is 2. The maximum atomic E-state index is 15.3. The van der Waals surface area contributed by atoms with Crippen LogP contribution in [0.15, 0.2) is 66.9 Å². The van der Waals surface area contributed by atoms with Gasteiger partial charge in [-0.25, -0.2) is 15.0 Å². The average Bonchev–Trinajstić information content (AvgIpc) is 3.02. The Kier molecular flexibility index (Phi) is 9.76. The number of aryl methyl sites for hydroxylation is 1. The van der Waals surface area contributed by atoms with Gasteiger partial charge in [-0.2, -0.15) is 4.39 Å². The summed E-state index contributed by atoms with van der Waals surface area (Å²) < 4.78 is 26.0. The molecule has 1 fully saturated rings. The molecule has 2 aromatic carbocycles. The van der Waals surface area contributed by atoms with E-state index in [2.05, 4.69) is 45.4 Å². The second-order valence-electron chi connectivity index (χ2n) is 12.3. The molecule has 5 rings (SSSR count). The van der Waals surface area contributed by atoms with Crippen molar-refractivity contribution in [3.63, 3.8) is 0 Å². The third-order valence-electron chi connectivity index (χ3n) is 8.11. The van der Waals surface area contributed by atoms with Crippen molar-refractivity contribution in [2.75, 3.05) is 45.3 Å². The minimum Gasteiger partial charge on any atom is -0.497 e. The normalized spacial score (nSPS) is 14.4. The number of anilines is 1. The number of piperazine rings is 1. The van der Waals surface area contributed by atoms with E-state index < -0.39 is 5.95 Å². The van der Waals surface area contributed by atoms with Gasteiger partial charge in [-0.1, -0.05) is 24.3 Å². The van der Waals surface area contributed by atoms with Crippen LogP contribution in [-0.2, 0) is 19.6 Å². The molecule has 0 saturated carbocycles. The van der Waals surface area contributed by atoms with Crippen molar-refractivity contribution >= 4 is 5.82 Å². The Morgan fingerprint density at radius 3 is 1.89 bits per heavy atom. The van der Waals surface area contributed by atoms with Gasteiger partial charge in [0.2, 0.25) is 5.95 Å². The number of hydrogen-bond donors (Lipinski definition) is 0. The fraction of sp³-hybridized carbons (Fsp3) is 0.400. The van der Waals surface area contributed by atoms with Crippen LogP contribution in [0, 0.1) is 12.9 Å². The second-order valence-corrected chi connectivity index (χ2v) is 12.3. The van der Waals surface area contributed by atoms with Gasteiger partial charge in [0.05, 0.1) is 25.5 Å². The van der Waals surface area contributed by atoms with Gasteiger partial charge >= 0.3 is 0 Å². The first kappa shape index (κ1) is 31.3. The van der Waals surface area contributed by atoms with Gasteiger partial charge in [-0.3, -0.25) is 9.80 Å². The smallest absolute Gasteiger partial charge is 0.222 e. The molecule has 1 saturated heterocycles. The van der Waals surface area contributed by atoms with Gasteiger partial charge in [0.25, 0.3) is 0 Å². The molecule has 44 heavy (non-hydrogen) atoms.